The molecular weight excluding hydrogens is 344 g/mol. The summed E-state index contributed by atoms with van der Waals surface area (Å²) in [6.45, 7) is 5.59. The van der Waals surface area contributed by atoms with Crippen molar-refractivity contribution in [3.05, 3.63) is 45.7 Å². The van der Waals surface area contributed by atoms with Gasteiger partial charge in [-0.2, -0.15) is 0 Å². The molecule has 1 N–H and O–H groups in total. The molecule has 0 atom stereocenters. The van der Waals surface area contributed by atoms with E-state index in [9.17, 15) is 4.79 Å². The normalized spacial score (nSPS) is 10.9. The number of fused-ring (bicyclic) bond motifs is 1. The molecule has 0 unspecified atom stereocenters. The van der Waals surface area contributed by atoms with E-state index in [1.54, 1.807) is 32.0 Å². The highest BCUT2D eigenvalue weighted by Crippen LogP contribution is 2.32. The smallest absolute Gasteiger partial charge is 0.255 e. The lowest BCUT2D eigenvalue weighted by atomic mass is 10.1. The number of nitrogens with one attached hydrogen (secondary N) is 1. The summed E-state index contributed by atoms with van der Waals surface area (Å²) in [6, 6.07) is 5.48. The second-order valence-corrected chi connectivity index (χ2v) is 6.05. The van der Waals surface area contributed by atoms with Crippen LogP contribution in [-0.4, -0.2) is 39.0 Å². The lowest BCUT2D eigenvalue weighted by molar-refractivity contribution is 0.199. The van der Waals surface area contributed by atoms with Gasteiger partial charge in [0.1, 0.15) is 0 Å². The summed E-state index contributed by atoms with van der Waals surface area (Å²) in [7, 11) is 4.77. The van der Waals surface area contributed by atoms with Gasteiger partial charge in [0.2, 0.25) is 0 Å². The predicted molar refractivity (Wildman–Crippen MR) is 99.9 cm³/mol. The topological polar surface area (TPSA) is 61.7 Å². The van der Waals surface area contributed by atoms with Gasteiger partial charge in [-0.3, -0.25) is 4.79 Å². The Hall–Kier alpha value is -2.02. The van der Waals surface area contributed by atoms with Crippen LogP contribution in [0.3, 0.4) is 0 Å². The average Bonchev–Trinajstić information content (AvgIpc) is 2.60. The van der Waals surface area contributed by atoms with Crippen LogP contribution in [0, 0.1) is 0 Å². The second kappa shape index (κ2) is 8.89. The predicted octanol–water partition coefficient (Wildman–Crippen LogP) is 2.51. The minimum Gasteiger partial charge on any atom is -0.493 e. The summed E-state index contributed by atoms with van der Waals surface area (Å²) < 4.78 is 17.3. The number of hydrogen-bond acceptors (Lipinski definition) is 5. The van der Waals surface area contributed by atoms with Gasteiger partial charge in [0, 0.05) is 42.2 Å². The van der Waals surface area contributed by atoms with Gasteiger partial charge >= 0.3 is 0 Å². The molecule has 0 bridgehead atoms. The van der Waals surface area contributed by atoms with Crippen LogP contribution in [0.1, 0.15) is 5.56 Å². The fourth-order valence-electron chi connectivity index (χ4n) is 2.62. The van der Waals surface area contributed by atoms with Crippen molar-refractivity contribution in [2.24, 2.45) is 0 Å². The van der Waals surface area contributed by atoms with E-state index in [0.29, 0.717) is 47.3 Å². The van der Waals surface area contributed by atoms with Crippen molar-refractivity contribution in [1.82, 2.24) is 9.88 Å². The maximum absolute atomic E-state index is 12.9. The minimum absolute atomic E-state index is 0.119. The van der Waals surface area contributed by atoms with Gasteiger partial charge in [-0.05, 0) is 12.1 Å². The molecule has 2 aromatic rings. The number of nitrogens with zero attached hydrogens (tertiary/aromatic N) is 1. The number of benzene rings is 1. The number of methoxy groups -OCH3 is 3. The first-order valence-corrected chi connectivity index (χ1v) is 8.21. The number of rotatable bonds is 9. The highest BCUT2D eigenvalue weighted by Gasteiger charge is 2.14. The quantitative estimate of drug-likeness (QED) is 0.691. The Labute approximate surface area is 151 Å². The van der Waals surface area contributed by atoms with Crippen LogP contribution < -0.4 is 20.3 Å². The summed E-state index contributed by atoms with van der Waals surface area (Å²) >= 11 is 5.97. The molecule has 1 aromatic carbocycles. The van der Waals surface area contributed by atoms with Crippen molar-refractivity contribution in [3.8, 4) is 11.5 Å². The Kier molecular flexibility index (Phi) is 6.87. The zero-order valence-electron chi connectivity index (χ0n) is 14.7. The van der Waals surface area contributed by atoms with Crippen LogP contribution in [-0.2, 0) is 17.8 Å². The molecule has 0 saturated carbocycles. The van der Waals surface area contributed by atoms with Gasteiger partial charge in [-0.15, -0.1) is 0 Å². The highest BCUT2D eigenvalue weighted by molar-refractivity contribution is 6.29. The summed E-state index contributed by atoms with van der Waals surface area (Å²) in [5, 5.41) is 4.43. The maximum Gasteiger partial charge on any atom is 0.255 e. The molecule has 6 nitrogen and oxygen atoms in total. The highest BCUT2D eigenvalue weighted by atomic mass is 35.5. The van der Waals surface area contributed by atoms with E-state index >= 15 is 0 Å². The molecule has 0 aliphatic heterocycles. The van der Waals surface area contributed by atoms with Crippen LogP contribution in [0.2, 0.25) is 0 Å². The largest absolute Gasteiger partial charge is 0.493 e. The fraction of sp³-hybridized carbons (Fsp3) is 0.389. The molecule has 2 rings (SSSR count). The molecule has 0 radical (unpaired) electrons. The lowest BCUT2D eigenvalue weighted by Crippen LogP contribution is -2.29. The summed E-state index contributed by atoms with van der Waals surface area (Å²) in [5.41, 5.74) is 1.23. The van der Waals surface area contributed by atoms with Crippen molar-refractivity contribution in [1.29, 1.82) is 0 Å². The van der Waals surface area contributed by atoms with E-state index in [1.165, 1.54) is 0 Å². The standard InChI is InChI=1S/C18H23ClN2O4/c1-12(19)11-21-15-9-17(25-4)16(24-3)8-13(15)7-14(18(21)22)10-20-5-6-23-2/h7-9,20H,1,5-6,10-11H2,2-4H3. The van der Waals surface area contributed by atoms with E-state index in [1.807, 2.05) is 12.1 Å². The van der Waals surface area contributed by atoms with Gasteiger partial charge in [-0.1, -0.05) is 18.2 Å². The lowest BCUT2D eigenvalue weighted by Gasteiger charge is -2.15. The first-order valence-electron chi connectivity index (χ1n) is 7.83. The first-order chi connectivity index (χ1) is 12.0. The number of aromatic nitrogens is 1. The van der Waals surface area contributed by atoms with E-state index in [-0.39, 0.29) is 12.1 Å². The van der Waals surface area contributed by atoms with Crippen molar-refractivity contribution < 1.29 is 14.2 Å². The monoisotopic (exact) mass is 366 g/mol. The molecule has 0 aliphatic carbocycles. The SMILES string of the molecule is C=C(Cl)Cn1c(=O)c(CNCCOC)cc2cc(OC)c(OC)cc21. The first kappa shape index (κ1) is 19.3. The van der Waals surface area contributed by atoms with Crippen LogP contribution >= 0.6 is 11.6 Å². The Morgan fingerprint density at radius 1 is 1.20 bits per heavy atom. The van der Waals surface area contributed by atoms with Crippen LogP contribution in [0.25, 0.3) is 10.9 Å². The molecule has 1 aromatic heterocycles. The number of hydrogen-bond donors (Lipinski definition) is 1. The number of allylic oxidation sites excluding steroid dienone is 1. The van der Waals surface area contributed by atoms with E-state index < -0.39 is 0 Å². The van der Waals surface area contributed by atoms with E-state index in [0.717, 1.165) is 5.39 Å². The van der Waals surface area contributed by atoms with E-state index in [4.69, 9.17) is 25.8 Å². The molecule has 0 aliphatic rings. The van der Waals surface area contributed by atoms with Crippen LogP contribution in [0.4, 0.5) is 0 Å². The second-order valence-electron chi connectivity index (χ2n) is 5.51. The Morgan fingerprint density at radius 3 is 2.48 bits per heavy atom. The third-order valence-corrected chi connectivity index (χ3v) is 3.92. The molecule has 0 fully saturated rings. The Morgan fingerprint density at radius 2 is 1.88 bits per heavy atom. The third-order valence-electron chi connectivity index (χ3n) is 3.80. The van der Waals surface area contributed by atoms with Gasteiger partial charge in [0.05, 0.1) is 32.9 Å². The summed E-state index contributed by atoms with van der Waals surface area (Å²) in [5.74, 6) is 1.15. The van der Waals surface area contributed by atoms with Crippen molar-refractivity contribution in [3.63, 3.8) is 0 Å². The molecule has 0 amide bonds. The molecule has 0 spiro atoms. The number of pyridine rings is 1. The minimum atomic E-state index is -0.119. The molecule has 25 heavy (non-hydrogen) atoms. The molecule has 136 valence electrons. The number of ether oxygens (including phenoxy) is 3. The number of halogens is 1. The van der Waals surface area contributed by atoms with Gasteiger partial charge in [0.15, 0.2) is 11.5 Å². The third kappa shape index (κ3) is 4.54. The maximum atomic E-state index is 12.9. The van der Waals surface area contributed by atoms with Crippen LogP contribution in [0.15, 0.2) is 34.6 Å². The molecule has 0 saturated heterocycles. The Bertz CT molecular complexity index is 817. The zero-order chi connectivity index (χ0) is 18.4. The van der Waals surface area contributed by atoms with Crippen LogP contribution in [0.5, 0.6) is 11.5 Å². The van der Waals surface area contributed by atoms with Gasteiger partial charge in [0.25, 0.3) is 5.56 Å². The molecule has 7 heteroatoms. The van der Waals surface area contributed by atoms with E-state index in [2.05, 4.69) is 11.9 Å². The molecular formula is C18H23ClN2O4. The van der Waals surface area contributed by atoms with Gasteiger partial charge in [-0.25, -0.2) is 0 Å². The summed E-state index contributed by atoms with van der Waals surface area (Å²) in [6.07, 6.45) is 0. The zero-order valence-corrected chi connectivity index (χ0v) is 15.5. The van der Waals surface area contributed by atoms with Crippen molar-refractivity contribution >= 4 is 22.5 Å². The summed E-state index contributed by atoms with van der Waals surface area (Å²) in [4.78, 5) is 12.9. The average molecular weight is 367 g/mol. The fourth-order valence-corrected chi connectivity index (χ4v) is 2.74. The van der Waals surface area contributed by atoms with Crippen molar-refractivity contribution in [2.75, 3.05) is 34.5 Å². The Balaban J connectivity index is 2.57. The molecule has 1 heterocycles. The van der Waals surface area contributed by atoms with Gasteiger partial charge < -0.3 is 24.1 Å². The van der Waals surface area contributed by atoms with Crippen molar-refractivity contribution in [2.45, 2.75) is 13.1 Å².